The van der Waals surface area contributed by atoms with E-state index in [0.29, 0.717) is 6.42 Å². The Kier molecular flexibility index (Phi) is 12.2. The highest BCUT2D eigenvalue weighted by atomic mass is 19.1. The summed E-state index contributed by atoms with van der Waals surface area (Å²) in [5.74, 6) is -1.41. The maximum atomic E-state index is 15.4. The third-order valence-corrected chi connectivity index (χ3v) is 7.53. The molecule has 0 spiro atoms. The molecule has 2 aliphatic heterocycles. The Morgan fingerprint density at radius 1 is 1.32 bits per heavy atom. The van der Waals surface area contributed by atoms with E-state index >= 15 is 4.39 Å². The number of rotatable bonds is 9. The highest BCUT2D eigenvalue weighted by Gasteiger charge is 2.45. The van der Waals surface area contributed by atoms with E-state index in [9.17, 15) is 19.1 Å². The Morgan fingerprint density at radius 2 is 2.00 bits per heavy atom. The van der Waals surface area contributed by atoms with E-state index in [2.05, 4.69) is 6.92 Å². The smallest absolute Gasteiger partial charge is 0.309 e. The predicted molar refractivity (Wildman–Crippen MR) is 143 cm³/mol. The molecule has 0 radical (unpaired) electrons. The first-order valence-corrected chi connectivity index (χ1v) is 13.8. The minimum absolute atomic E-state index is 0.0259. The SMILES string of the molecule is CCC(F)C(C)C1OC1CC(C)C=CC=C(C)C1OC(=O)CC(O)CCC(C)(F)C(OC(C)=O)C=CC1C. The molecule has 0 saturated carbocycles. The Bertz CT molecular complexity index is 882. The number of alkyl halides is 2. The molecule has 10 atom stereocenters. The van der Waals surface area contributed by atoms with E-state index in [1.165, 1.54) is 19.9 Å². The number of epoxide rings is 1. The van der Waals surface area contributed by atoms with E-state index in [0.717, 1.165) is 12.0 Å². The molecule has 2 heterocycles. The zero-order valence-electron chi connectivity index (χ0n) is 23.9. The molecule has 1 N–H and O–H groups in total. The lowest BCUT2D eigenvalue weighted by Gasteiger charge is -2.30. The van der Waals surface area contributed by atoms with Gasteiger partial charge in [0.25, 0.3) is 0 Å². The summed E-state index contributed by atoms with van der Waals surface area (Å²) in [6.45, 7) is 12.0. The molecule has 1 saturated heterocycles. The number of carbonyl (C=O) groups is 2. The first-order valence-electron chi connectivity index (χ1n) is 13.8. The van der Waals surface area contributed by atoms with E-state index < -0.39 is 42.1 Å². The Hall–Kier alpha value is -2.06. The molecule has 6 nitrogen and oxygen atoms in total. The molecule has 2 aliphatic rings. The minimum Gasteiger partial charge on any atom is -0.457 e. The van der Waals surface area contributed by atoms with Crippen LogP contribution in [0.3, 0.4) is 0 Å². The van der Waals surface area contributed by atoms with Crippen LogP contribution in [0.2, 0.25) is 0 Å². The van der Waals surface area contributed by atoms with Gasteiger partial charge in [0.2, 0.25) is 0 Å². The van der Waals surface area contributed by atoms with Crippen molar-refractivity contribution in [3.63, 3.8) is 0 Å². The number of hydrogen-bond donors (Lipinski definition) is 1. The Labute approximate surface area is 226 Å². The number of hydrogen-bond acceptors (Lipinski definition) is 6. The van der Waals surface area contributed by atoms with Crippen LogP contribution in [0.1, 0.15) is 80.6 Å². The van der Waals surface area contributed by atoms with Crippen molar-refractivity contribution in [3.8, 4) is 0 Å². The van der Waals surface area contributed by atoms with Gasteiger partial charge in [-0.1, -0.05) is 52.0 Å². The summed E-state index contributed by atoms with van der Waals surface area (Å²) < 4.78 is 46.0. The normalized spacial score (nSPS) is 35.5. The van der Waals surface area contributed by atoms with Gasteiger partial charge in [-0.2, -0.15) is 0 Å². The van der Waals surface area contributed by atoms with Crippen molar-refractivity contribution >= 4 is 11.9 Å². The number of ether oxygens (including phenoxy) is 3. The van der Waals surface area contributed by atoms with Crippen molar-refractivity contribution in [2.75, 3.05) is 0 Å². The first kappa shape index (κ1) is 32.2. The Morgan fingerprint density at radius 3 is 2.63 bits per heavy atom. The van der Waals surface area contributed by atoms with Crippen molar-refractivity contribution in [1.82, 2.24) is 0 Å². The fourth-order valence-corrected chi connectivity index (χ4v) is 4.93. The van der Waals surface area contributed by atoms with E-state index in [4.69, 9.17) is 14.2 Å². The molecular weight excluding hydrogens is 494 g/mol. The van der Waals surface area contributed by atoms with Crippen molar-refractivity contribution in [2.45, 2.75) is 123 Å². The topological polar surface area (TPSA) is 85.4 Å². The van der Waals surface area contributed by atoms with Crippen LogP contribution >= 0.6 is 0 Å². The number of halogens is 2. The molecule has 38 heavy (non-hydrogen) atoms. The van der Waals surface area contributed by atoms with Gasteiger partial charge in [0.15, 0.2) is 6.10 Å². The van der Waals surface area contributed by atoms with Crippen LogP contribution in [-0.4, -0.2) is 59.4 Å². The van der Waals surface area contributed by atoms with Gasteiger partial charge in [0.1, 0.15) is 17.9 Å². The summed E-state index contributed by atoms with van der Waals surface area (Å²) in [6, 6.07) is 0. The number of cyclic esters (lactones) is 1. The van der Waals surface area contributed by atoms with Gasteiger partial charge in [-0.05, 0) is 57.1 Å². The maximum absolute atomic E-state index is 15.4. The van der Waals surface area contributed by atoms with Crippen LogP contribution < -0.4 is 0 Å². The average molecular weight is 541 g/mol. The summed E-state index contributed by atoms with van der Waals surface area (Å²) in [5.41, 5.74) is -1.13. The van der Waals surface area contributed by atoms with Crippen LogP contribution in [0.25, 0.3) is 0 Å². The first-order chi connectivity index (χ1) is 17.7. The van der Waals surface area contributed by atoms with Crippen molar-refractivity contribution in [1.29, 1.82) is 0 Å². The fourth-order valence-electron chi connectivity index (χ4n) is 4.93. The monoisotopic (exact) mass is 540 g/mol. The van der Waals surface area contributed by atoms with Gasteiger partial charge < -0.3 is 19.3 Å². The number of allylic oxidation sites excluding steroid dienone is 3. The predicted octanol–water partition coefficient (Wildman–Crippen LogP) is 5.98. The second-order valence-electron chi connectivity index (χ2n) is 11.3. The quantitative estimate of drug-likeness (QED) is 0.168. The van der Waals surface area contributed by atoms with Crippen LogP contribution in [0.15, 0.2) is 36.0 Å². The van der Waals surface area contributed by atoms with Crippen molar-refractivity contribution in [2.24, 2.45) is 17.8 Å². The molecule has 0 aliphatic carbocycles. The van der Waals surface area contributed by atoms with Gasteiger partial charge in [-0.15, -0.1) is 0 Å². The number of aliphatic hydroxyl groups excluding tert-OH is 1. The van der Waals surface area contributed by atoms with Crippen molar-refractivity contribution in [3.05, 3.63) is 36.0 Å². The standard InChI is InChI=1S/C30H46F2O6/c1-8-24(31)21(5)29-25(37-29)16-18(2)10-9-11-19(3)28-20(4)12-13-26(36-22(6)33)30(7,32)15-14-23(34)17-27(35)38-28/h9-13,18,20-21,23-26,28-29,34H,8,14-17H2,1-7H3. The molecule has 0 aromatic carbocycles. The van der Waals surface area contributed by atoms with Gasteiger partial charge in [-0.25, -0.2) is 8.78 Å². The average Bonchev–Trinajstić information content (AvgIpc) is 3.60. The third kappa shape index (κ3) is 9.92. The van der Waals surface area contributed by atoms with E-state index in [1.807, 2.05) is 45.9 Å². The zero-order chi connectivity index (χ0) is 28.6. The fraction of sp³-hybridized carbons (Fsp3) is 0.733. The van der Waals surface area contributed by atoms with Gasteiger partial charge in [0, 0.05) is 18.8 Å². The lowest BCUT2D eigenvalue weighted by Crippen LogP contribution is -2.38. The lowest BCUT2D eigenvalue weighted by molar-refractivity contribution is -0.152. The molecule has 216 valence electrons. The summed E-state index contributed by atoms with van der Waals surface area (Å²) in [4.78, 5) is 24.1. The van der Waals surface area contributed by atoms with Gasteiger partial charge in [0.05, 0.1) is 24.7 Å². The van der Waals surface area contributed by atoms with E-state index in [1.54, 1.807) is 6.08 Å². The molecule has 0 bridgehead atoms. The molecule has 0 aromatic heterocycles. The molecular formula is C30H46F2O6. The minimum atomic E-state index is -1.91. The molecule has 0 aromatic rings. The lowest BCUT2D eigenvalue weighted by atomic mass is 9.90. The summed E-state index contributed by atoms with van der Waals surface area (Å²) >= 11 is 0. The molecule has 8 heteroatoms. The summed E-state index contributed by atoms with van der Waals surface area (Å²) in [6.07, 6.45) is 6.32. The van der Waals surface area contributed by atoms with E-state index in [-0.39, 0.29) is 49.2 Å². The zero-order valence-corrected chi connectivity index (χ0v) is 23.9. The third-order valence-electron chi connectivity index (χ3n) is 7.53. The van der Waals surface area contributed by atoms with Crippen LogP contribution in [0, 0.1) is 17.8 Å². The molecule has 10 unspecified atom stereocenters. The van der Waals surface area contributed by atoms with Crippen LogP contribution in [0.5, 0.6) is 0 Å². The van der Waals surface area contributed by atoms with Gasteiger partial charge in [-0.3, -0.25) is 9.59 Å². The van der Waals surface area contributed by atoms with Crippen LogP contribution in [-0.2, 0) is 23.8 Å². The number of carbonyl (C=O) groups excluding carboxylic acids is 2. The Balaban J connectivity index is 2.12. The highest BCUT2D eigenvalue weighted by Crippen LogP contribution is 2.37. The maximum Gasteiger partial charge on any atom is 0.309 e. The molecule has 0 amide bonds. The highest BCUT2D eigenvalue weighted by molar-refractivity contribution is 5.70. The molecule has 1 fully saturated rings. The van der Waals surface area contributed by atoms with Gasteiger partial charge >= 0.3 is 11.9 Å². The largest absolute Gasteiger partial charge is 0.457 e. The van der Waals surface area contributed by atoms with Crippen molar-refractivity contribution < 1.29 is 37.7 Å². The second kappa shape index (κ2) is 14.4. The summed E-state index contributed by atoms with van der Waals surface area (Å²) in [5, 5.41) is 10.3. The molecule has 2 rings (SSSR count). The number of esters is 2. The number of aliphatic hydroxyl groups is 1. The second-order valence-corrected chi connectivity index (χ2v) is 11.3. The summed E-state index contributed by atoms with van der Waals surface area (Å²) in [7, 11) is 0. The van der Waals surface area contributed by atoms with Crippen LogP contribution in [0.4, 0.5) is 8.78 Å².